The van der Waals surface area contributed by atoms with E-state index < -0.39 is 11.6 Å². The Kier molecular flexibility index (Phi) is 4.73. The van der Waals surface area contributed by atoms with Gasteiger partial charge in [0.2, 0.25) is 5.91 Å². The molecule has 0 aliphatic carbocycles. The number of piperidine rings is 3. The Morgan fingerprint density at radius 2 is 1.81 bits per heavy atom. The molecule has 4 aliphatic rings. The van der Waals surface area contributed by atoms with Gasteiger partial charge in [-0.1, -0.05) is 0 Å². The van der Waals surface area contributed by atoms with Gasteiger partial charge in [0, 0.05) is 24.6 Å². The third-order valence-corrected chi connectivity index (χ3v) is 6.17. The van der Waals surface area contributed by atoms with Crippen molar-refractivity contribution in [3.63, 3.8) is 0 Å². The van der Waals surface area contributed by atoms with Crippen molar-refractivity contribution in [3.05, 3.63) is 35.4 Å². The van der Waals surface area contributed by atoms with Gasteiger partial charge in [-0.05, 0) is 63.4 Å². The molecule has 0 unspecified atom stereocenters. The number of rotatable bonds is 4. The number of fused-ring (bicyclic) bond motifs is 2. The maximum Gasteiger partial charge on any atom is 0.248 e. The molecule has 0 saturated carbocycles. The zero-order valence-corrected chi connectivity index (χ0v) is 15.3. The molecular formula is C20H26F2N2O2. The first-order chi connectivity index (χ1) is 12.4. The highest BCUT2D eigenvalue weighted by molar-refractivity contribution is 5.78. The summed E-state index contributed by atoms with van der Waals surface area (Å²) in [5.41, 5.74) is 0.658. The Morgan fingerprint density at radius 1 is 1.15 bits per heavy atom. The zero-order valence-electron chi connectivity index (χ0n) is 15.3. The first kappa shape index (κ1) is 17.9. The van der Waals surface area contributed by atoms with Crippen molar-refractivity contribution in [1.82, 2.24) is 9.80 Å². The van der Waals surface area contributed by atoms with Crippen LogP contribution in [0.3, 0.4) is 0 Å². The van der Waals surface area contributed by atoms with Gasteiger partial charge in [0.05, 0.1) is 12.1 Å². The number of amides is 1. The van der Waals surface area contributed by atoms with Crippen LogP contribution < -0.4 is 0 Å². The molecule has 26 heavy (non-hydrogen) atoms. The van der Waals surface area contributed by atoms with E-state index in [1.807, 2.05) is 18.7 Å². The van der Waals surface area contributed by atoms with Crippen LogP contribution in [0.5, 0.6) is 0 Å². The summed E-state index contributed by atoms with van der Waals surface area (Å²) in [6.45, 7) is 6.40. The summed E-state index contributed by atoms with van der Waals surface area (Å²) in [4.78, 5) is 17.2. The molecule has 4 saturated heterocycles. The fourth-order valence-electron chi connectivity index (χ4n) is 5.11. The van der Waals surface area contributed by atoms with Gasteiger partial charge in [-0.3, -0.25) is 9.69 Å². The van der Waals surface area contributed by atoms with E-state index in [0.29, 0.717) is 18.0 Å². The summed E-state index contributed by atoms with van der Waals surface area (Å²) in [5.74, 6) is -0.713. The van der Waals surface area contributed by atoms with Crippen molar-refractivity contribution in [1.29, 1.82) is 0 Å². The number of carbonyl (C=O) groups is 1. The molecule has 4 nitrogen and oxygen atoms in total. The lowest BCUT2D eigenvalue weighted by molar-refractivity contribution is -0.142. The first-order valence-electron chi connectivity index (χ1n) is 9.55. The van der Waals surface area contributed by atoms with E-state index in [1.54, 1.807) is 0 Å². The predicted molar refractivity (Wildman–Crippen MR) is 93.8 cm³/mol. The van der Waals surface area contributed by atoms with Crippen LogP contribution in [0.1, 0.15) is 38.2 Å². The van der Waals surface area contributed by atoms with E-state index in [4.69, 9.17) is 4.74 Å². The van der Waals surface area contributed by atoms with Gasteiger partial charge in [0.1, 0.15) is 18.2 Å². The second-order valence-electron chi connectivity index (χ2n) is 8.07. The van der Waals surface area contributed by atoms with E-state index in [-0.39, 0.29) is 36.6 Å². The first-order valence-corrected chi connectivity index (χ1v) is 9.55. The number of benzene rings is 1. The van der Waals surface area contributed by atoms with Crippen molar-refractivity contribution in [2.45, 2.75) is 50.8 Å². The van der Waals surface area contributed by atoms with Gasteiger partial charge in [-0.25, -0.2) is 8.78 Å². The van der Waals surface area contributed by atoms with Gasteiger partial charge in [0.15, 0.2) is 0 Å². The number of ether oxygens (including phenoxy) is 1. The van der Waals surface area contributed by atoms with E-state index >= 15 is 0 Å². The van der Waals surface area contributed by atoms with E-state index in [1.165, 1.54) is 12.1 Å². The second-order valence-corrected chi connectivity index (χ2v) is 8.07. The molecule has 5 rings (SSSR count). The molecule has 2 bridgehead atoms. The van der Waals surface area contributed by atoms with Gasteiger partial charge >= 0.3 is 0 Å². The predicted octanol–water partition coefficient (Wildman–Crippen LogP) is 2.78. The van der Waals surface area contributed by atoms with Crippen molar-refractivity contribution in [2.75, 3.05) is 26.2 Å². The average Bonchev–Trinajstić information content (AvgIpc) is 3.03. The third kappa shape index (κ3) is 3.14. The minimum Gasteiger partial charge on any atom is -0.369 e. The van der Waals surface area contributed by atoms with Crippen LogP contribution >= 0.6 is 0 Å². The standard InChI is InChI=1S/C20H26F2N2O2/c1-12(2)26-11-18(25)24-10-17(14-7-15(21)9-16(22)8-14)20-19(24)13-3-5-23(20)6-4-13/h7-9,12-13,17,19-20H,3-6,10-11H2,1-2H3/t17-,19-,20-/m1/s1. The largest absolute Gasteiger partial charge is 0.369 e. The molecule has 0 aromatic heterocycles. The van der Waals surface area contributed by atoms with E-state index in [0.717, 1.165) is 32.0 Å². The molecule has 0 N–H and O–H groups in total. The van der Waals surface area contributed by atoms with Gasteiger partial charge in [-0.15, -0.1) is 0 Å². The van der Waals surface area contributed by atoms with Crippen LogP contribution in [-0.4, -0.2) is 60.1 Å². The Bertz CT molecular complexity index is 668. The van der Waals surface area contributed by atoms with Crippen LogP contribution in [0.15, 0.2) is 18.2 Å². The topological polar surface area (TPSA) is 32.8 Å². The number of hydrogen-bond acceptors (Lipinski definition) is 3. The molecule has 4 heterocycles. The van der Waals surface area contributed by atoms with Gasteiger partial charge in [-0.2, -0.15) is 0 Å². The van der Waals surface area contributed by atoms with Crippen molar-refractivity contribution in [3.8, 4) is 0 Å². The normalized spacial score (nSPS) is 33.0. The van der Waals surface area contributed by atoms with E-state index in [9.17, 15) is 13.6 Å². The fourth-order valence-corrected chi connectivity index (χ4v) is 5.11. The molecule has 0 spiro atoms. The number of hydrogen-bond donors (Lipinski definition) is 0. The Labute approximate surface area is 153 Å². The third-order valence-electron chi connectivity index (χ3n) is 6.17. The molecular weight excluding hydrogens is 338 g/mol. The highest BCUT2D eigenvalue weighted by Crippen LogP contribution is 2.46. The van der Waals surface area contributed by atoms with Crippen LogP contribution in [0.2, 0.25) is 0 Å². The second kappa shape index (κ2) is 6.89. The van der Waals surface area contributed by atoms with Crippen LogP contribution in [0, 0.1) is 17.6 Å². The Balaban J connectivity index is 1.64. The summed E-state index contributed by atoms with van der Waals surface area (Å²) in [7, 11) is 0. The smallest absolute Gasteiger partial charge is 0.248 e. The minimum atomic E-state index is -0.555. The van der Waals surface area contributed by atoms with Crippen LogP contribution in [0.4, 0.5) is 8.78 Å². The monoisotopic (exact) mass is 364 g/mol. The van der Waals surface area contributed by atoms with E-state index in [2.05, 4.69) is 4.90 Å². The molecule has 1 aromatic rings. The average molecular weight is 364 g/mol. The van der Waals surface area contributed by atoms with Gasteiger partial charge < -0.3 is 9.64 Å². The number of likely N-dealkylation sites (tertiary alicyclic amines) is 1. The minimum absolute atomic E-state index is 0.00276. The van der Waals surface area contributed by atoms with Crippen LogP contribution in [0.25, 0.3) is 0 Å². The van der Waals surface area contributed by atoms with Crippen molar-refractivity contribution in [2.24, 2.45) is 5.92 Å². The highest BCUT2D eigenvalue weighted by atomic mass is 19.1. The van der Waals surface area contributed by atoms with Crippen molar-refractivity contribution >= 4 is 5.91 Å². The van der Waals surface area contributed by atoms with Crippen molar-refractivity contribution < 1.29 is 18.3 Å². The number of nitrogens with zero attached hydrogens (tertiary/aromatic N) is 2. The molecule has 4 fully saturated rings. The van der Waals surface area contributed by atoms with Crippen LogP contribution in [-0.2, 0) is 9.53 Å². The lowest BCUT2D eigenvalue weighted by Crippen LogP contribution is -2.61. The maximum atomic E-state index is 13.8. The lowest BCUT2D eigenvalue weighted by Gasteiger charge is -2.51. The Morgan fingerprint density at radius 3 is 2.42 bits per heavy atom. The number of carbonyl (C=O) groups excluding carboxylic acids is 1. The molecule has 1 aromatic carbocycles. The molecule has 142 valence electrons. The summed E-state index contributed by atoms with van der Waals surface area (Å²) >= 11 is 0. The molecule has 6 heteroatoms. The summed E-state index contributed by atoms with van der Waals surface area (Å²) in [5, 5.41) is 0. The molecule has 1 amide bonds. The maximum absolute atomic E-state index is 13.8. The highest BCUT2D eigenvalue weighted by Gasteiger charge is 2.54. The fraction of sp³-hybridized carbons (Fsp3) is 0.650. The summed E-state index contributed by atoms with van der Waals surface area (Å²) in [6.07, 6.45) is 2.16. The summed E-state index contributed by atoms with van der Waals surface area (Å²) < 4.78 is 33.1. The lowest BCUT2D eigenvalue weighted by atomic mass is 9.75. The molecule has 3 atom stereocenters. The number of halogens is 2. The quantitative estimate of drug-likeness (QED) is 0.824. The summed E-state index contributed by atoms with van der Waals surface area (Å²) in [6, 6.07) is 4.02. The SMILES string of the molecule is CC(C)OCC(=O)N1C[C@H](c2cc(F)cc(F)c2)[C@@H]2[C@H]1C1CCN2CC1. The van der Waals surface area contributed by atoms with Gasteiger partial charge in [0.25, 0.3) is 0 Å². The Hall–Kier alpha value is -1.53. The zero-order chi connectivity index (χ0) is 18.4. The molecule has 0 radical (unpaired) electrons. The molecule has 4 aliphatic heterocycles.